The van der Waals surface area contributed by atoms with Crippen LogP contribution in [0.15, 0.2) is 35.1 Å². The Morgan fingerprint density at radius 2 is 2.28 bits per heavy atom. The number of halogens is 1. The molecule has 0 bridgehead atoms. The van der Waals surface area contributed by atoms with E-state index in [1.807, 2.05) is 23.9 Å². The fourth-order valence-corrected chi connectivity index (χ4v) is 2.54. The molecular formula is C13H17BrN4. The number of nitrogens with two attached hydrogens (primary N) is 1. The van der Waals surface area contributed by atoms with Crippen LogP contribution in [-0.4, -0.2) is 9.55 Å². The monoisotopic (exact) mass is 308 g/mol. The summed E-state index contributed by atoms with van der Waals surface area (Å²) >= 11 is 3.47. The molecule has 1 unspecified atom stereocenters. The third-order valence-electron chi connectivity index (χ3n) is 3.12. The second kappa shape index (κ2) is 5.65. The highest BCUT2D eigenvalue weighted by Crippen LogP contribution is 2.23. The third-order valence-corrected chi connectivity index (χ3v) is 3.61. The lowest BCUT2D eigenvalue weighted by Crippen LogP contribution is -2.30. The van der Waals surface area contributed by atoms with Crippen molar-refractivity contribution in [3.63, 3.8) is 0 Å². The van der Waals surface area contributed by atoms with Crippen molar-refractivity contribution in [2.45, 2.75) is 19.4 Å². The minimum atomic E-state index is 0.0687. The number of benzene rings is 1. The molecular weight excluding hydrogens is 292 g/mol. The van der Waals surface area contributed by atoms with Gasteiger partial charge in [-0.25, -0.2) is 4.98 Å². The van der Waals surface area contributed by atoms with Crippen molar-refractivity contribution in [2.24, 2.45) is 12.9 Å². The van der Waals surface area contributed by atoms with E-state index in [4.69, 9.17) is 5.84 Å². The van der Waals surface area contributed by atoms with Gasteiger partial charge in [-0.15, -0.1) is 0 Å². The fourth-order valence-electron chi connectivity index (χ4n) is 2.06. The molecule has 0 radical (unpaired) electrons. The van der Waals surface area contributed by atoms with Crippen molar-refractivity contribution in [3.8, 4) is 0 Å². The average Bonchev–Trinajstić information content (AvgIpc) is 2.73. The van der Waals surface area contributed by atoms with Crippen molar-refractivity contribution < 1.29 is 0 Å². The number of imidazole rings is 1. The van der Waals surface area contributed by atoms with Crippen molar-refractivity contribution in [1.82, 2.24) is 15.0 Å². The van der Waals surface area contributed by atoms with Crippen LogP contribution in [0.5, 0.6) is 0 Å². The fraction of sp³-hybridized carbons (Fsp3) is 0.308. The number of hydrogen-bond acceptors (Lipinski definition) is 3. The summed E-state index contributed by atoms with van der Waals surface area (Å²) in [5.41, 5.74) is 5.28. The topological polar surface area (TPSA) is 55.9 Å². The summed E-state index contributed by atoms with van der Waals surface area (Å²) in [6.45, 7) is 2.09. The maximum absolute atomic E-state index is 5.68. The molecule has 96 valence electrons. The maximum atomic E-state index is 5.68. The van der Waals surface area contributed by atoms with Gasteiger partial charge in [0.05, 0.1) is 6.04 Å². The quantitative estimate of drug-likeness (QED) is 0.673. The van der Waals surface area contributed by atoms with Gasteiger partial charge in [-0.3, -0.25) is 11.3 Å². The van der Waals surface area contributed by atoms with E-state index in [2.05, 4.69) is 45.4 Å². The van der Waals surface area contributed by atoms with Gasteiger partial charge in [0, 0.05) is 30.3 Å². The second-order valence-corrected chi connectivity index (χ2v) is 5.29. The molecule has 18 heavy (non-hydrogen) atoms. The van der Waals surface area contributed by atoms with Gasteiger partial charge in [-0.2, -0.15) is 0 Å². The van der Waals surface area contributed by atoms with Crippen LogP contribution in [0.4, 0.5) is 0 Å². The van der Waals surface area contributed by atoms with Crippen molar-refractivity contribution >= 4 is 15.9 Å². The molecule has 5 heteroatoms. The predicted octanol–water partition coefficient (Wildman–Crippen LogP) is 2.24. The number of aryl methyl sites for hydroxylation is 2. The zero-order valence-electron chi connectivity index (χ0n) is 10.5. The number of hydrogen-bond donors (Lipinski definition) is 2. The van der Waals surface area contributed by atoms with E-state index in [-0.39, 0.29) is 6.04 Å². The Bertz CT molecular complexity index is 536. The molecule has 2 aromatic rings. The number of nitrogens with zero attached hydrogens (tertiary/aromatic N) is 2. The van der Waals surface area contributed by atoms with E-state index >= 15 is 0 Å². The molecule has 1 aromatic carbocycles. The molecule has 1 aromatic heterocycles. The number of nitrogens with one attached hydrogen (secondary N) is 1. The first-order chi connectivity index (χ1) is 8.61. The van der Waals surface area contributed by atoms with Gasteiger partial charge in [0.25, 0.3) is 0 Å². The largest absolute Gasteiger partial charge is 0.338 e. The van der Waals surface area contributed by atoms with Crippen LogP contribution in [0, 0.1) is 6.92 Å². The Balaban J connectivity index is 2.26. The normalized spacial score (nSPS) is 12.7. The lowest BCUT2D eigenvalue weighted by Gasteiger charge is -2.18. The van der Waals surface area contributed by atoms with E-state index in [1.165, 1.54) is 11.1 Å². The summed E-state index contributed by atoms with van der Waals surface area (Å²) < 4.78 is 3.09. The maximum Gasteiger partial charge on any atom is 0.110 e. The zero-order valence-corrected chi connectivity index (χ0v) is 12.1. The smallest absolute Gasteiger partial charge is 0.110 e. The van der Waals surface area contributed by atoms with E-state index < -0.39 is 0 Å². The van der Waals surface area contributed by atoms with Crippen LogP contribution in [0.1, 0.15) is 23.0 Å². The molecule has 0 fully saturated rings. The molecule has 0 aliphatic rings. The summed E-state index contributed by atoms with van der Waals surface area (Å²) in [6.07, 6.45) is 4.51. The molecule has 0 amide bonds. The lowest BCUT2D eigenvalue weighted by molar-refractivity contribution is 0.528. The predicted molar refractivity (Wildman–Crippen MR) is 75.9 cm³/mol. The highest BCUT2D eigenvalue weighted by atomic mass is 79.9. The van der Waals surface area contributed by atoms with E-state index in [0.29, 0.717) is 0 Å². The minimum Gasteiger partial charge on any atom is -0.338 e. The number of hydrazine groups is 1. The highest BCUT2D eigenvalue weighted by molar-refractivity contribution is 9.10. The summed E-state index contributed by atoms with van der Waals surface area (Å²) in [7, 11) is 1.99. The summed E-state index contributed by atoms with van der Waals surface area (Å²) in [6, 6.07) is 6.29. The van der Waals surface area contributed by atoms with Gasteiger partial charge in [0.1, 0.15) is 5.82 Å². The van der Waals surface area contributed by atoms with Gasteiger partial charge in [0.2, 0.25) is 0 Å². The van der Waals surface area contributed by atoms with Gasteiger partial charge in [-0.05, 0) is 30.2 Å². The first kappa shape index (κ1) is 13.3. The first-order valence-electron chi connectivity index (χ1n) is 5.80. The molecule has 2 rings (SSSR count). The first-order valence-corrected chi connectivity index (χ1v) is 6.59. The Labute approximate surface area is 115 Å². The molecule has 4 nitrogen and oxygen atoms in total. The molecule has 0 aliphatic carbocycles. The van der Waals surface area contributed by atoms with Crippen LogP contribution in [0.3, 0.4) is 0 Å². The Morgan fingerprint density at radius 1 is 1.50 bits per heavy atom. The van der Waals surface area contributed by atoms with E-state index in [0.717, 1.165) is 16.7 Å². The molecule has 1 heterocycles. The second-order valence-electron chi connectivity index (χ2n) is 4.38. The van der Waals surface area contributed by atoms with Crippen LogP contribution in [-0.2, 0) is 13.5 Å². The van der Waals surface area contributed by atoms with E-state index in [9.17, 15) is 0 Å². The standard InChI is InChI=1S/C13H17BrN4/c1-9-7-10(14)3-4-11(9)12(17-15)8-13-16-5-6-18(13)2/h3-7,12,17H,8,15H2,1-2H3. The third kappa shape index (κ3) is 2.80. The molecule has 0 spiro atoms. The van der Waals surface area contributed by atoms with Crippen LogP contribution < -0.4 is 11.3 Å². The van der Waals surface area contributed by atoms with Crippen molar-refractivity contribution in [3.05, 3.63) is 52.0 Å². The highest BCUT2D eigenvalue weighted by Gasteiger charge is 2.15. The van der Waals surface area contributed by atoms with Gasteiger partial charge in [-0.1, -0.05) is 22.0 Å². The number of aromatic nitrogens is 2. The molecule has 0 saturated carbocycles. The Kier molecular flexibility index (Phi) is 4.16. The van der Waals surface area contributed by atoms with Crippen molar-refractivity contribution in [2.75, 3.05) is 0 Å². The molecule has 0 saturated heterocycles. The molecule has 0 aliphatic heterocycles. The lowest BCUT2D eigenvalue weighted by atomic mass is 9.99. The minimum absolute atomic E-state index is 0.0687. The SMILES string of the molecule is Cc1cc(Br)ccc1C(Cc1nccn1C)NN. The zero-order chi connectivity index (χ0) is 13.1. The van der Waals surface area contributed by atoms with Crippen molar-refractivity contribution in [1.29, 1.82) is 0 Å². The van der Waals surface area contributed by atoms with E-state index in [1.54, 1.807) is 6.20 Å². The average molecular weight is 309 g/mol. The summed E-state index contributed by atoms with van der Waals surface area (Å²) in [5.74, 6) is 6.69. The summed E-state index contributed by atoms with van der Waals surface area (Å²) in [5, 5.41) is 0. The van der Waals surface area contributed by atoms with Crippen LogP contribution in [0.25, 0.3) is 0 Å². The van der Waals surface area contributed by atoms with Crippen LogP contribution in [0.2, 0.25) is 0 Å². The molecule has 3 N–H and O–H groups in total. The van der Waals surface area contributed by atoms with Crippen LogP contribution >= 0.6 is 15.9 Å². The summed E-state index contributed by atoms with van der Waals surface area (Å²) in [4.78, 5) is 4.33. The van der Waals surface area contributed by atoms with Gasteiger partial charge < -0.3 is 4.57 Å². The molecule has 1 atom stereocenters. The van der Waals surface area contributed by atoms with Gasteiger partial charge in [0.15, 0.2) is 0 Å². The Hall–Kier alpha value is -1.17. The van der Waals surface area contributed by atoms with Gasteiger partial charge >= 0.3 is 0 Å². The Morgan fingerprint density at radius 3 is 2.83 bits per heavy atom. The number of rotatable bonds is 4.